The van der Waals surface area contributed by atoms with Gasteiger partial charge in [0.1, 0.15) is 0 Å². The summed E-state index contributed by atoms with van der Waals surface area (Å²) < 4.78 is 0. The molecule has 0 rings (SSSR count). The minimum absolute atomic E-state index is 0.0310. The molecule has 1 heteroatoms. The van der Waals surface area contributed by atoms with Gasteiger partial charge in [0.15, 0.2) is 0 Å². The van der Waals surface area contributed by atoms with Crippen molar-refractivity contribution >= 4 is 0 Å². The fourth-order valence-corrected chi connectivity index (χ4v) is 1.11. The molecule has 0 aliphatic rings. The largest absolute Gasteiger partial charge is 0.393 e. The summed E-state index contributed by atoms with van der Waals surface area (Å²) in [6, 6.07) is 0. The van der Waals surface area contributed by atoms with Gasteiger partial charge in [-0.15, -0.1) is 0 Å². The molecule has 1 nitrogen and oxygen atoms in total. The van der Waals surface area contributed by atoms with Crippen LogP contribution in [0.3, 0.4) is 0 Å². The van der Waals surface area contributed by atoms with Crippen LogP contribution in [0.2, 0.25) is 0 Å². The van der Waals surface area contributed by atoms with Crippen LogP contribution in [0.15, 0.2) is 0 Å². The standard InChI is InChI=1S/C9H20O/c1-3-5-6-8-9(10)7-4-2/h9-10H,3-8H2,1-2H3/t9-/m1/s1. The Balaban J connectivity index is 2.97. The molecule has 0 spiro atoms. The molecule has 0 aromatic rings. The second-order valence-electron chi connectivity index (χ2n) is 2.94. The first-order valence-corrected chi connectivity index (χ1v) is 4.49. The van der Waals surface area contributed by atoms with Gasteiger partial charge in [-0.25, -0.2) is 0 Å². The Morgan fingerprint density at radius 3 is 2.20 bits per heavy atom. The first-order chi connectivity index (χ1) is 4.81. The summed E-state index contributed by atoms with van der Waals surface area (Å²) >= 11 is 0. The zero-order valence-corrected chi connectivity index (χ0v) is 7.27. The highest BCUT2D eigenvalue weighted by atomic mass is 16.3. The molecule has 0 amide bonds. The van der Waals surface area contributed by atoms with E-state index in [-0.39, 0.29) is 6.10 Å². The number of aliphatic hydroxyl groups excluding tert-OH is 1. The Morgan fingerprint density at radius 1 is 1.00 bits per heavy atom. The highest BCUT2D eigenvalue weighted by Crippen LogP contribution is 2.07. The topological polar surface area (TPSA) is 20.2 Å². The third-order valence-corrected chi connectivity index (χ3v) is 1.76. The Hall–Kier alpha value is -0.0400. The third-order valence-electron chi connectivity index (χ3n) is 1.76. The van der Waals surface area contributed by atoms with E-state index < -0.39 is 0 Å². The highest BCUT2D eigenvalue weighted by molar-refractivity contribution is 4.53. The minimum Gasteiger partial charge on any atom is -0.393 e. The van der Waals surface area contributed by atoms with Crippen LogP contribution < -0.4 is 0 Å². The second kappa shape index (κ2) is 7.07. The van der Waals surface area contributed by atoms with Gasteiger partial charge in [-0.05, 0) is 12.8 Å². The molecule has 0 heterocycles. The van der Waals surface area contributed by atoms with Crippen LogP contribution in [0.4, 0.5) is 0 Å². The molecular weight excluding hydrogens is 124 g/mol. The number of rotatable bonds is 6. The van der Waals surface area contributed by atoms with Gasteiger partial charge in [0.05, 0.1) is 6.10 Å². The maximum absolute atomic E-state index is 9.28. The van der Waals surface area contributed by atoms with E-state index >= 15 is 0 Å². The SMILES string of the molecule is CCCCC[C@H](O)CCC. The molecule has 0 saturated heterocycles. The lowest BCUT2D eigenvalue weighted by atomic mass is 10.1. The van der Waals surface area contributed by atoms with Crippen LogP contribution in [0.5, 0.6) is 0 Å². The molecule has 0 radical (unpaired) electrons. The van der Waals surface area contributed by atoms with Gasteiger partial charge in [-0.2, -0.15) is 0 Å². The molecular formula is C9H20O. The molecule has 0 bridgehead atoms. The Bertz CT molecular complexity index is 61.7. The van der Waals surface area contributed by atoms with Crippen molar-refractivity contribution in [3.8, 4) is 0 Å². The monoisotopic (exact) mass is 144 g/mol. The molecule has 62 valence electrons. The lowest BCUT2D eigenvalue weighted by Crippen LogP contribution is -2.04. The quantitative estimate of drug-likeness (QED) is 0.568. The highest BCUT2D eigenvalue weighted by Gasteiger charge is 2.00. The normalized spacial score (nSPS) is 13.5. The zero-order chi connectivity index (χ0) is 7.82. The smallest absolute Gasteiger partial charge is 0.0540 e. The van der Waals surface area contributed by atoms with E-state index in [1.165, 1.54) is 19.3 Å². The number of aliphatic hydroxyl groups is 1. The van der Waals surface area contributed by atoms with E-state index in [1.54, 1.807) is 0 Å². The van der Waals surface area contributed by atoms with Crippen molar-refractivity contribution in [1.82, 2.24) is 0 Å². The van der Waals surface area contributed by atoms with E-state index in [0.717, 1.165) is 19.3 Å². The van der Waals surface area contributed by atoms with Crippen LogP contribution in [-0.4, -0.2) is 11.2 Å². The van der Waals surface area contributed by atoms with Crippen molar-refractivity contribution in [3.63, 3.8) is 0 Å². The third kappa shape index (κ3) is 6.09. The molecule has 0 aliphatic carbocycles. The summed E-state index contributed by atoms with van der Waals surface area (Å²) in [5, 5.41) is 9.28. The summed E-state index contributed by atoms with van der Waals surface area (Å²) in [5.74, 6) is 0. The minimum atomic E-state index is -0.0310. The van der Waals surface area contributed by atoms with Gasteiger partial charge >= 0.3 is 0 Å². The number of hydrogen-bond acceptors (Lipinski definition) is 1. The van der Waals surface area contributed by atoms with Crippen LogP contribution in [0, 0.1) is 0 Å². The maximum atomic E-state index is 9.28. The van der Waals surface area contributed by atoms with Crippen LogP contribution in [-0.2, 0) is 0 Å². The molecule has 10 heavy (non-hydrogen) atoms. The average Bonchev–Trinajstić information content (AvgIpc) is 1.89. The van der Waals surface area contributed by atoms with Crippen molar-refractivity contribution in [1.29, 1.82) is 0 Å². The van der Waals surface area contributed by atoms with Gasteiger partial charge in [-0.1, -0.05) is 39.5 Å². The van der Waals surface area contributed by atoms with E-state index in [1.807, 2.05) is 0 Å². The Kier molecular flexibility index (Phi) is 7.04. The van der Waals surface area contributed by atoms with Crippen LogP contribution in [0.25, 0.3) is 0 Å². The summed E-state index contributed by atoms with van der Waals surface area (Å²) in [5.41, 5.74) is 0. The lowest BCUT2D eigenvalue weighted by molar-refractivity contribution is 0.150. The number of unbranched alkanes of at least 4 members (excludes halogenated alkanes) is 2. The lowest BCUT2D eigenvalue weighted by Gasteiger charge is -2.07. The van der Waals surface area contributed by atoms with Gasteiger partial charge in [0, 0.05) is 0 Å². The summed E-state index contributed by atoms with van der Waals surface area (Å²) in [6.07, 6.45) is 6.76. The van der Waals surface area contributed by atoms with Crippen molar-refractivity contribution in [2.75, 3.05) is 0 Å². The summed E-state index contributed by atoms with van der Waals surface area (Å²) in [6.45, 7) is 4.30. The van der Waals surface area contributed by atoms with Gasteiger partial charge < -0.3 is 5.11 Å². The molecule has 0 aromatic heterocycles. The molecule has 0 aliphatic heterocycles. The molecule has 1 N–H and O–H groups in total. The van der Waals surface area contributed by atoms with Crippen molar-refractivity contribution < 1.29 is 5.11 Å². The molecule has 0 aromatic carbocycles. The summed E-state index contributed by atoms with van der Waals surface area (Å²) in [4.78, 5) is 0. The van der Waals surface area contributed by atoms with Crippen molar-refractivity contribution in [2.24, 2.45) is 0 Å². The van der Waals surface area contributed by atoms with Crippen LogP contribution >= 0.6 is 0 Å². The van der Waals surface area contributed by atoms with Gasteiger partial charge in [0.25, 0.3) is 0 Å². The fourth-order valence-electron chi connectivity index (χ4n) is 1.11. The Morgan fingerprint density at radius 2 is 1.70 bits per heavy atom. The Labute approximate surface area is 64.5 Å². The predicted molar refractivity (Wildman–Crippen MR) is 45.1 cm³/mol. The van der Waals surface area contributed by atoms with Gasteiger partial charge in [0.2, 0.25) is 0 Å². The first-order valence-electron chi connectivity index (χ1n) is 4.49. The van der Waals surface area contributed by atoms with Crippen molar-refractivity contribution in [3.05, 3.63) is 0 Å². The molecule has 1 atom stereocenters. The first kappa shape index (κ1) is 9.96. The van der Waals surface area contributed by atoms with E-state index in [4.69, 9.17) is 0 Å². The molecule has 0 unspecified atom stereocenters. The average molecular weight is 144 g/mol. The number of hydrogen-bond donors (Lipinski definition) is 1. The van der Waals surface area contributed by atoms with E-state index in [2.05, 4.69) is 13.8 Å². The predicted octanol–water partition coefficient (Wildman–Crippen LogP) is 2.73. The van der Waals surface area contributed by atoms with E-state index in [9.17, 15) is 5.11 Å². The van der Waals surface area contributed by atoms with Crippen LogP contribution in [0.1, 0.15) is 52.4 Å². The van der Waals surface area contributed by atoms with Gasteiger partial charge in [-0.3, -0.25) is 0 Å². The molecule has 0 fully saturated rings. The zero-order valence-electron chi connectivity index (χ0n) is 7.27. The van der Waals surface area contributed by atoms with Crippen molar-refractivity contribution in [2.45, 2.75) is 58.5 Å². The molecule has 0 saturated carbocycles. The second-order valence-corrected chi connectivity index (χ2v) is 2.94. The fraction of sp³-hybridized carbons (Fsp3) is 1.00. The summed E-state index contributed by atoms with van der Waals surface area (Å²) in [7, 11) is 0. The van der Waals surface area contributed by atoms with E-state index in [0.29, 0.717) is 0 Å². The maximum Gasteiger partial charge on any atom is 0.0540 e.